The number of halogens is 1. The summed E-state index contributed by atoms with van der Waals surface area (Å²) in [6, 6.07) is 5.93. The predicted octanol–water partition coefficient (Wildman–Crippen LogP) is 2.80. The lowest BCUT2D eigenvalue weighted by molar-refractivity contribution is -0.117. The molecule has 1 atom stereocenters. The Morgan fingerprint density at radius 2 is 1.68 bits per heavy atom. The van der Waals surface area contributed by atoms with Crippen LogP contribution in [0.3, 0.4) is 0 Å². The molecule has 11 nitrogen and oxygen atoms in total. The monoisotopic (exact) mass is 522 g/mol. The molecule has 12 heteroatoms. The van der Waals surface area contributed by atoms with Crippen molar-refractivity contribution in [3.8, 4) is 11.1 Å². The Kier molecular flexibility index (Phi) is 7.10. The molecule has 0 spiro atoms. The fourth-order valence-corrected chi connectivity index (χ4v) is 4.18. The minimum Gasteiger partial charge on any atom is -0.309 e. The number of likely N-dealkylation sites (N-methyl/N-ethyl adjacent to an activating group) is 1. The van der Waals surface area contributed by atoms with Gasteiger partial charge in [0.2, 0.25) is 5.91 Å². The number of hydrogen-bond donors (Lipinski definition) is 3. The average Bonchev–Trinajstić information content (AvgIpc) is 3.08. The van der Waals surface area contributed by atoms with E-state index in [4.69, 9.17) is 11.6 Å². The summed E-state index contributed by atoms with van der Waals surface area (Å²) in [5, 5.41) is 9.30. The number of amides is 2. The largest absolute Gasteiger partial charge is 0.309 e. The van der Waals surface area contributed by atoms with Crippen molar-refractivity contribution in [3.63, 3.8) is 0 Å². The summed E-state index contributed by atoms with van der Waals surface area (Å²) in [5.74, 6) is -0.406. The molecule has 4 rings (SSSR count). The maximum atomic E-state index is 12.9. The van der Waals surface area contributed by atoms with Crippen molar-refractivity contribution in [2.45, 2.75) is 26.8 Å². The van der Waals surface area contributed by atoms with Gasteiger partial charge in [0, 0.05) is 31.5 Å². The number of nitrogens with zero attached hydrogens (tertiary/aromatic N) is 5. The van der Waals surface area contributed by atoms with E-state index in [1.807, 2.05) is 6.92 Å². The van der Waals surface area contributed by atoms with Crippen LogP contribution in [0.4, 0.5) is 11.6 Å². The molecule has 37 heavy (non-hydrogen) atoms. The van der Waals surface area contributed by atoms with Crippen LogP contribution in [0.15, 0.2) is 35.3 Å². The molecule has 0 aliphatic rings. The molecular weight excluding hydrogens is 496 g/mol. The number of carbonyl (C=O) groups excluding carboxylic acids is 2. The average molecular weight is 523 g/mol. The second kappa shape index (κ2) is 10.1. The van der Waals surface area contributed by atoms with E-state index < -0.39 is 11.9 Å². The topological polar surface area (TPSA) is 136 Å². The number of aryl methyl sites for hydroxylation is 3. The molecule has 0 bridgehead atoms. The first-order valence-corrected chi connectivity index (χ1v) is 11.9. The quantitative estimate of drug-likeness (QED) is 0.354. The molecule has 0 saturated carbocycles. The van der Waals surface area contributed by atoms with Crippen LogP contribution >= 0.6 is 11.6 Å². The first-order valence-electron chi connectivity index (χ1n) is 11.5. The van der Waals surface area contributed by atoms with Crippen molar-refractivity contribution in [3.05, 3.63) is 62.9 Å². The summed E-state index contributed by atoms with van der Waals surface area (Å²) in [6.07, 6.45) is 1.37. The van der Waals surface area contributed by atoms with Gasteiger partial charge < -0.3 is 16.0 Å². The van der Waals surface area contributed by atoms with E-state index in [-0.39, 0.29) is 28.8 Å². The minimum atomic E-state index is -0.502. The van der Waals surface area contributed by atoms with E-state index in [1.165, 1.54) is 16.9 Å². The number of rotatable bonds is 6. The van der Waals surface area contributed by atoms with E-state index >= 15 is 0 Å². The van der Waals surface area contributed by atoms with Crippen molar-refractivity contribution in [1.29, 1.82) is 0 Å². The summed E-state index contributed by atoms with van der Waals surface area (Å²) in [6.45, 7) is 5.35. The van der Waals surface area contributed by atoms with Crippen LogP contribution < -0.4 is 21.5 Å². The number of anilines is 2. The SMILES string of the molecule is CNC(C)C(=O)Nc1cc(-c2c(C)nc(C)c3c(=O)n(C)n(C)c23)cc(NC(=O)c2ccc(Cl)cn2)n1. The van der Waals surface area contributed by atoms with Gasteiger partial charge in [-0.15, -0.1) is 0 Å². The molecule has 192 valence electrons. The summed E-state index contributed by atoms with van der Waals surface area (Å²) in [4.78, 5) is 51.5. The normalized spacial score (nSPS) is 12.0. The van der Waals surface area contributed by atoms with Gasteiger partial charge in [0.25, 0.3) is 11.5 Å². The van der Waals surface area contributed by atoms with Gasteiger partial charge >= 0.3 is 0 Å². The maximum Gasteiger partial charge on any atom is 0.276 e. The second-order valence-corrected chi connectivity index (χ2v) is 9.11. The number of hydrogen-bond acceptors (Lipinski definition) is 7. The number of fused-ring (bicyclic) bond motifs is 1. The third-order valence-electron chi connectivity index (χ3n) is 6.21. The molecule has 4 aromatic rings. The van der Waals surface area contributed by atoms with Gasteiger partial charge in [0.05, 0.1) is 27.7 Å². The lowest BCUT2D eigenvalue weighted by Gasteiger charge is -2.16. The number of nitrogens with one attached hydrogen (secondary N) is 3. The summed E-state index contributed by atoms with van der Waals surface area (Å²) in [5.41, 5.74) is 3.24. The lowest BCUT2D eigenvalue weighted by atomic mass is 10.0. The summed E-state index contributed by atoms with van der Waals surface area (Å²) >= 11 is 5.89. The van der Waals surface area contributed by atoms with Gasteiger partial charge in [-0.05, 0) is 57.6 Å². The Morgan fingerprint density at radius 3 is 2.30 bits per heavy atom. The van der Waals surface area contributed by atoms with Gasteiger partial charge in [0.15, 0.2) is 0 Å². The predicted molar refractivity (Wildman–Crippen MR) is 143 cm³/mol. The Balaban J connectivity index is 1.89. The van der Waals surface area contributed by atoms with Crippen LogP contribution in [0.2, 0.25) is 5.02 Å². The second-order valence-electron chi connectivity index (χ2n) is 8.68. The van der Waals surface area contributed by atoms with Crippen LogP contribution in [0.5, 0.6) is 0 Å². The van der Waals surface area contributed by atoms with Crippen molar-refractivity contribution in [2.24, 2.45) is 14.1 Å². The zero-order chi connectivity index (χ0) is 27.0. The highest BCUT2D eigenvalue weighted by molar-refractivity contribution is 6.30. The summed E-state index contributed by atoms with van der Waals surface area (Å²) < 4.78 is 3.27. The molecule has 1 unspecified atom stereocenters. The van der Waals surface area contributed by atoms with E-state index in [1.54, 1.807) is 57.9 Å². The van der Waals surface area contributed by atoms with Gasteiger partial charge in [-0.25, -0.2) is 9.97 Å². The first-order chi connectivity index (χ1) is 17.5. The van der Waals surface area contributed by atoms with Crippen molar-refractivity contribution in [2.75, 3.05) is 17.7 Å². The van der Waals surface area contributed by atoms with Gasteiger partial charge in [-0.2, -0.15) is 0 Å². The van der Waals surface area contributed by atoms with E-state index in [9.17, 15) is 14.4 Å². The van der Waals surface area contributed by atoms with E-state index in [0.29, 0.717) is 38.4 Å². The highest BCUT2D eigenvalue weighted by Crippen LogP contribution is 2.33. The Bertz CT molecular complexity index is 1590. The lowest BCUT2D eigenvalue weighted by Crippen LogP contribution is -2.35. The molecule has 3 N–H and O–H groups in total. The smallest absolute Gasteiger partial charge is 0.276 e. The Morgan fingerprint density at radius 1 is 1.00 bits per heavy atom. The van der Waals surface area contributed by atoms with Crippen LogP contribution in [-0.2, 0) is 18.9 Å². The third-order valence-corrected chi connectivity index (χ3v) is 6.43. The fraction of sp³-hybridized carbons (Fsp3) is 0.280. The van der Waals surface area contributed by atoms with Crippen LogP contribution in [-0.4, -0.2) is 49.2 Å². The fourth-order valence-electron chi connectivity index (χ4n) is 4.06. The van der Waals surface area contributed by atoms with Crippen molar-refractivity contribution < 1.29 is 9.59 Å². The molecule has 0 aliphatic heterocycles. The standard InChI is InChI=1S/C25H27ClN8O3/c1-12-20(22-21(13(2)29-12)25(37)34(6)33(22)5)15-9-18(31-23(35)14(3)27-4)30-19(10-15)32-24(36)17-8-7-16(26)11-28-17/h7-11,14,27H,1-6H3,(H2,30,31,32,35,36). The van der Waals surface area contributed by atoms with Gasteiger partial charge in [0.1, 0.15) is 17.3 Å². The van der Waals surface area contributed by atoms with Crippen LogP contribution in [0.1, 0.15) is 28.8 Å². The highest BCUT2D eigenvalue weighted by atomic mass is 35.5. The highest BCUT2D eigenvalue weighted by Gasteiger charge is 2.22. The molecule has 4 aromatic heterocycles. The van der Waals surface area contributed by atoms with Crippen molar-refractivity contribution in [1.82, 2.24) is 29.6 Å². The molecule has 0 fully saturated rings. The third kappa shape index (κ3) is 4.95. The van der Waals surface area contributed by atoms with E-state index in [2.05, 4.69) is 30.9 Å². The molecule has 0 aliphatic carbocycles. The minimum absolute atomic E-state index is 0.145. The number of aromatic nitrogens is 5. The Labute approximate surface area is 217 Å². The zero-order valence-electron chi connectivity index (χ0n) is 21.3. The van der Waals surface area contributed by atoms with Gasteiger partial charge in [-0.3, -0.25) is 28.7 Å². The molecule has 0 radical (unpaired) electrons. The molecule has 4 heterocycles. The Hall–Kier alpha value is -4.09. The first kappa shape index (κ1) is 26.0. The van der Waals surface area contributed by atoms with Gasteiger partial charge in [-0.1, -0.05) is 11.6 Å². The zero-order valence-corrected chi connectivity index (χ0v) is 22.1. The summed E-state index contributed by atoms with van der Waals surface area (Å²) in [7, 11) is 5.15. The molecule has 0 aromatic carbocycles. The molecule has 2 amide bonds. The van der Waals surface area contributed by atoms with E-state index in [0.717, 1.165) is 0 Å². The molecule has 0 saturated heterocycles. The number of pyridine rings is 3. The maximum absolute atomic E-state index is 12.9. The van der Waals surface area contributed by atoms with Crippen molar-refractivity contribution >= 4 is 46.0 Å². The molecular formula is C25H27ClN8O3. The number of carbonyl (C=O) groups is 2. The van der Waals surface area contributed by atoms with Crippen LogP contribution in [0.25, 0.3) is 22.0 Å². The van der Waals surface area contributed by atoms with Crippen LogP contribution in [0, 0.1) is 13.8 Å².